The van der Waals surface area contributed by atoms with Crippen molar-refractivity contribution in [2.75, 3.05) is 11.5 Å². The second-order valence-electron chi connectivity index (χ2n) is 3.86. The summed E-state index contributed by atoms with van der Waals surface area (Å²) in [4.78, 5) is 10.1. The quantitative estimate of drug-likeness (QED) is 0.645. The first-order valence-corrected chi connectivity index (χ1v) is 6.45. The molecule has 0 aromatic heterocycles. The van der Waals surface area contributed by atoms with Crippen molar-refractivity contribution in [2.45, 2.75) is 19.0 Å². The third-order valence-corrected chi connectivity index (χ3v) is 3.83. The molecule has 2 rings (SSSR count). The fourth-order valence-corrected chi connectivity index (χ4v) is 2.88. The zero-order valence-electron chi connectivity index (χ0n) is 8.89. The fraction of sp³-hybridized carbons (Fsp3) is 0.455. The van der Waals surface area contributed by atoms with E-state index in [9.17, 15) is 10.1 Å². The van der Waals surface area contributed by atoms with Crippen LogP contribution in [0.5, 0.6) is 0 Å². The highest BCUT2D eigenvalue weighted by Gasteiger charge is 2.14. The van der Waals surface area contributed by atoms with Crippen molar-refractivity contribution in [3.8, 4) is 0 Å². The van der Waals surface area contributed by atoms with Gasteiger partial charge in [-0.15, -0.1) is 0 Å². The van der Waals surface area contributed by atoms with E-state index >= 15 is 0 Å². The maximum absolute atomic E-state index is 10.5. The molecule has 4 nitrogen and oxygen atoms in total. The van der Waals surface area contributed by atoms with Crippen molar-refractivity contribution >= 4 is 17.4 Å². The summed E-state index contributed by atoms with van der Waals surface area (Å²) in [5.41, 5.74) is 1.25. The van der Waals surface area contributed by atoms with Crippen LogP contribution in [-0.2, 0) is 6.54 Å². The molecule has 1 atom stereocenters. The van der Waals surface area contributed by atoms with Gasteiger partial charge in [-0.3, -0.25) is 10.1 Å². The largest absolute Gasteiger partial charge is 0.309 e. The lowest BCUT2D eigenvalue weighted by Gasteiger charge is -2.10. The first-order chi connectivity index (χ1) is 7.75. The number of thioether (sulfide) groups is 1. The summed E-state index contributed by atoms with van der Waals surface area (Å²) >= 11 is 1.97. The fourth-order valence-electron chi connectivity index (χ4n) is 1.69. The molecule has 0 aliphatic carbocycles. The number of hydrogen-bond acceptors (Lipinski definition) is 4. The Balaban J connectivity index is 1.87. The molecule has 16 heavy (non-hydrogen) atoms. The van der Waals surface area contributed by atoms with E-state index in [4.69, 9.17) is 0 Å². The molecular weight excluding hydrogens is 224 g/mol. The number of benzene rings is 1. The van der Waals surface area contributed by atoms with Crippen LogP contribution in [0.1, 0.15) is 12.0 Å². The molecule has 1 saturated heterocycles. The Bertz CT molecular complexity index is 361. The van der Waals surface area contributed by atoms with Crippen molar-refractivity contribution in [3.05, 3.63) is 39.9 Å². The van der Waals surface area contributed by atoms with Crippen LogP contribution in [0.15, 0.2) is 24.3 Å². The second-order valence-corrected chi connectivity index (χ2v) is 5.01. The Morgan fingerprint density at radius 1 is 1.44 bits per heavy atom. The number of non-ortho nitro benzene ring substituents is 1. The number of nitrogens with zero attached hydrogens (tertiary/aromatic N) is 1. The molecule has 5 heteroatoms. The minimum Gasteiger partial charge on any atom is -0.309 e. The molecule has 1 aliphatic heterocycles. The molecule has 1 fully saturated rings. The van der Waals surface area contributed by atoms with Crippen LogP contribution < -0.4 is 5.32 Å². The van der Waals surface area contributed by atoms with E-state index in [0.29, 0.717) is 6.04 Å². The molecule has 0 saturated carbocycles. The number of nitro groups is 1. The summed E-state index contributed by atoms with van der Waals surface area (Å²) in [6, 6.07) is 7.33. The van der Waals surface area contributed by atoms with Crippen molar-refractivity contribution in [2.24, 2.45) is 0 Å². The topological polar surface area (TPSA) is 55.2 Å². The molecule has 1 aliphatic rings. The Kier molecular flexibility index (Phi) is 3.79. The highest BCUT2D eigenvalue weighted by molar-refractivity contribution is 7.99. The summed E-state index contributed by atoms with van der Waals surface area (Å²) in [7, 11) is 0. The number of rotatable bonds is 4. The van der Waals surface area contributed by atoms with Gasteiger partial charge in [0.05, 0.1) is 4.92 Å². The van der Waals surface area contributed by atoms with Crippen LogP contribution in [0.3, 0.4) is 0 Å². The van der Waals surface area contributed by atoms with Gasteiger partial charge in [-0.05, 0) is 17.7 Å². The molecule has 0 amide bonds. The molecule has 86 valence electrons. The normalized spacial score (nSPS) is 19.9. The van der Waals surface area contributed by atoms with E-state index in [1.54, 1.807) is 12.1 Å². The van der Waals surface area contributed by atoms with E-state index in [0.717, 1.165) is 12.1 Å². The van der Waals surface area contributed by atoms with Gasteiger partial charge >= 0.3 is 0 Å². The SMILES string of the molecule is O=[N+]([O-])c1ccc(CNC2CCSC2)cc1. The van der Waals surface area contributed by atoms with Gasteiger partial charge in [-0.25, -0.2) is 0 Å². The number of nitrogens with one attached hydrogen (secondary N) is 1. The molecule has 0 radical (unpaired) electrons. The molecule has 0 bridgehead atoms. The zero-order valence-corrected chi connectivity index (χ0v) is 9.70. The highest BCUT2D eigenvalue weighted by Crippen LogP contribution is 2.18. The van der Waals surface area contributed by atoms with Gasteiger partial charge < -0.3 is 5.32 Å². The van der Waals surface area contributed by atoms with E-state index in [1.165, 1.54) is 17.9 Å². The third kappa shape index (κ3) is 2.96. The summed E-state index contributed by atoms with van der Waals surface area (Å²) in [5, 5.41) is 13.9. The molecule has 1 heterocycles. The average molecular weight is 238 g/mol. The standard InChI is InChI=1S/C11H14N2O2S/c14-13(15)11-3-1-9(2-4-11)7-12-10-5-6-16-8-10/h1-4,10,12H,5-8H2. The summed E-state index contributed by atoms with van der Waals surface area (Å²) in [5.74, 6) is 2.41. The maximum atomic E-state index is 10.5. The van der Waals surface area contributed by atoms with Gasteiger partial charge in [0.1, 0.15) is 0 Å². The minimum atomic E-state index is -0.370. The van der Waals surface area contributed by atoms with Crippen molar-refractivity contribution in [3.63, 3.8) is 0 Å². The van der Waals surface area contributed by atoms with Crippen LogP contribution in [0.2, 0.25) is 0 Å². The van der Waals surface area contributed by atoms with Gasteiger partial charge in [0, 0.05) is 30.5 Å². The Morgan fingerprint density at radius 3 is 2.75 bits per heavy atom. The average Bonchev–Trinajstić information content (AvgIpc) is 2.80. The molecule has 1 unspecified atom stereocenters. The first-order valence-electron chi connectivity index (χ1n) is 5.30. The number of nitro benzene ring substituents is 1. The summed E-state index contributed by atoms with van der Waals surface area (Å²) < 4.78 is 0. The molecule has 0 spiro atoms. The molecule has 1 aromatic carbocycles. The Labute approximate surface area is 98.6 Å². The van der Waals surface area contributed by atoms with Crippen LogP contribution in [0, 0.1) is 10.1 Å². The van der Waals surface area contributed by atoms with Crippen LogP contribution in [0.4, 0.5) is 5.69 Å². The molecule has 1 N–H and O–H groups in total. The van der Waals surface area contributed by atoms with Crippen LogP contribution >= 0.6 is 11.8 Å². The highest BCUT2D eigenvalue weighted by atomic mass is 32.2. The predicted octanol–water partition coefficient (Wildman–Crippen LogP) is 2.19. The van der Waals surface area contributed by atoms with E-state index in [1.807, 2.05) is 23.9 Å². The minimum absolute atomic E-state index is 0.153. The van der Waals surface area contributed by atoms with Gasteiger partial charge in [-0.1, -0.05) is 12.1 Å². The van der Waals surface area contributed by atoms with Gasteiger partial charge in [0.15, 0.2) is 0 Å². The van der Waals surface area contributed by atoms with Crippen molar-refractivity contribution in [1.82, 2.24) is 5.32 Å². The van der Waals surface area contributed by atoms with Gasteiger partial charge in [-0.2, -0.15) is 11.8 Å². The molecule has 1 aromatic rings. The second kappa shape index (κ2) is 5.32. The lowest BCUT2D eigenvalue weighted by atomic mass is 10.2. The summed E-state index contributed by atoms with van der Waals surface area (Å²) in [6.45, 7) is 0.795. The van der Waals surface area contributed by atoms with Crippen molar-refractivity contribution < 1.29 is 4.92 Å². The Morgan fingerprint density at radius 2 is 2.19 bits per heavy atom. The third-order valence-electron chi connectivity index (χ3n) is 2.67. The first kappa shape index (κ1) is 11.4. The van der Waals surface area contributed by atoms with E-state index < -0.39 is 0 Å². The predicted molar refractivity (Wildman–Crippen MR) is 65.7 cm³/mol. The summed E-state index contributed by atoms with van der Waals surface area (Å²) in [6.07, 6.45) is 1.22. The van der Waals surface area contributed by atoms with Gasteiger partial charge in [0.25, 0.3) is 5.69 Å². The van der Waals surface area contributed by atoms with Gasteiger partial charge in [0.2, 0.25) is 0 Å². The maximum Gasteiger partial charge on any atom is 0.269 e. The monoisotopic (exact) mass is 238 g/mol. The Hall–Kier alpha value is -1.07. The van der Waals surface area contributed by atoms with Crippen LogP contribution in [0.25, 0.3) is 0 Å². The van der Waals surface area contributed by atoms with Crippen molar-refractivity contribution in [1.29, 1.82) is 0 Å². The van der Waals surface area contributed by atoms with E-state index in [2.05, 4.69) is 5.32 Å². The lowest BCUT2D eigenvalue weighted by molar-refractivity contribution is -0.384. The molecular formula is C11H14N2O2S. The number of hydrogen-bond donors (Lipinski definition) is 1. The smallest absolute Gasteiger partial charge is 0.269 e. The van der Waals surface area contributed by atoms with Crippen LogP contribution in [-0.4, -0.2) is 22.5 Å². The van der Waals surface area contributed by atoms with E-state index in [-0.39, 0.29) is 10.6 Å². The zero-order chi connectivity index (χ0) is 11.4. The lowest BCUT2D eigenvalue weighted by Crippen LogP contribution is -2.27.